The van der Waals surface area contributed by atoms with E-state index < -0.39 is 24.1 Å². The lowest BCUT2D eigenvalue weighted by atomic mass is 10.1. The number of aliphatic hydroxyl groups excluding tert-OH is 2. The highest BCUT2D eigenvalue weighted by molar-refractivity contribution is 5.83. The van der Waals surface area contributed by atoms with Crippen molar-refractivity contribution >= 4 is 11.9 Å². The van der Waals surface area contributed by atoms with Gasteiger partial charge in [-0.05, 0) is 29.7 Å². The molecule has 0 bridgehead atoms. The monoisotopic (exact) mass is 440 g/mol. The number of aromatic nitrogens is 3. The van der Waals surface area contributed by atoms with Gasteiger partial charge in [-0.3, -0.25) is 4.90 Å². The first kappa shape index (κ1) is 23.1. The summed E-state index contributed by atoms with van der Waals surface area (Å²) in [5.41, 5.74) is 6.29. The summed E-state index contributed by atoms with van der Waals surface area (Å²) in [6.07, 6.45) is -2.66. The Hall–Kier alpha value is -3.60. The largest absolute Gasteiger partial charge is 0.479 e. The molecule has 0 fully saturated rings. The lowest BCUT2D eigenvalue weighted by molar-refractivity contribution is -0.165. The number of aliphatic hydroxyl groups is 2. The van der Waals surface area contributed by atoms with E-state index in [-0.39, 0.29) is 0 Å². The van der Waals surface area contributed by atoms with E-state index in [9.17, 15) is 9.59 Å². The Morgan fingerprint density at radius 1 is 0.969 bits per heavy atom. The molecule has 1 aromatic heterocycles. The summed E-state index contributed by atoms with van der Waals surface area (Å²) in [7, 11) is 0. The van der Waals surface area contributed by atoms with Gasteiger partial charge >= 0.3 is 11.9 Å². The fraction of sp³-hybridized carbons (Fsp3) is 0.273. The fourth-order valence-corrected chi connectivity index (χ4v) is 3.35. The molecular weight excluding hydrogens is 416 g/mol. The minimum absolute atomic E-state index is 0.857. The van der Waals surface area contributed by atoms with Crippen molar-refractivity contribution in [3.63, 3.8) is 0 Å². The summed E-state index contributed by atoms with van der Waals surface area (Å²) in [5.74, 6) is -3.54. The number of para-hydroxylation sites is 1. The normalized spacial score (nSPS) is 14.7. The number of nitrogens with zero attached hydrogens (tertiary/aromatic N) is 4. The second-order valence-corrected chi connectivity index (χ2v) is 7.40. The minimum Gasteiger partial charge on any atom is -0.479 e. The summed E-state index contributed by atoms with van der Waals surface area (Å²) < 4.78 is 1.97. The zero-order valence-corrected chi connectivity index (χ0v) is 17.4. The van der Waals surface area contributed by atoms with Gasteiger partial charge in [0, 0.05) is 19.6 Å². The molecule has 1 aliphatic rings. The SMILES string of the molecule is Cc1ccccc1CN1Cc2ccccc2-n2nncc2C1.O=C(O)C(O)C(O)C(=O)O. The molecule has 4 N–H and O–H groups in total. The van der Waals surface area contributed by atoms with E-state index in [0.29, 0.717) is 0 Å². The Bertz CT molecular complexity index is 1080. The molecule has 2 aromatic carbocycles. The molecule has 10 nitrogen and oxygen atoms in total. The van der Waals surface area contributed by atoms with Gasteiger partial charge in [0.25, 0.3) is 0 Å². The molecule has 32 heavy (non-hydrogen) atoms. The first-order valence-corrected chi connectivity index (χ1v) is 9.84. The van der Waals surface area contributed by atoms with Gasteiger partial charge in [0.2, 0.25) is 0 Å². The standard InChI is InChI=1S/C18H18N4.C4H6O6/c1-14-6-2-3-7-15(14)11-21-12-16-8-4-5-9-18(16)22-17(13-21)10-19-20-22;5-1(3(7)8)2(6)4(9)10/h2-10H,11-13H2,1H3;1-2,5-6H,(H,7,8)(H,9,10). The van der Waals surface area contributed by atoms with Crippen LogP contribution in [0.15, 0.2) is 54.7 Å². The van der Waals surface area contributed by atoms with Gasteiger partial charge in [-0.1, -0.05) is 47.7 Å². The predicted molar refractivity (Wildman–Crippen MR) is 113 cm³/mol. The van der Waals surface area contributed by atoms with Crippen molar-refractivity contribution in [3.8, 4) is 5.69 Å². The van der Waals surface area contributed by atoms with Gasteiger partial charge in [-0.25, -0.2) is 14.3 Å². The quantitative estimate of drug-likeness (QED) is 0.455. The van der Waals surface area contributed by atoms with E-state index in [4.69, 9.17) is 20.4 Å². The van der Waals surface area contributed by atoms with Gasteiger partial charge in [-0.15, -0.1) is 5.10 Å². The topological polar surface area (TPSA) is 149 Å². The fourth-order valence-electron chi connectivity index (χ4n) is 3.35. The van der Waals surface area contributed by atoms with Crippen LogP contribution in [0.25, 0.3) is 5.69 Å². The highest BCUT2D eigenvalue weighted by atomic mass is 16.4. The van der Waals surface area contributed by atoms with Crippen LogP contribution < -0.4 is 0 Å². The second kappa shape index (κ2) is 10.1. The molecule has 2 unspecified atom stereocenters. The summed E-state index contributed by atoms with van der Waals surface area (Å²) >= 11 is 0. The number of carbonyl (C=O) groups is 2. The van der Waals surface area contributed by atoms with Crippen molar-refractivity contribution in [1.29, 1.82) is 0 Å². The number of rotatable bonds is 5. The molecule has 0 amide bonds. The number of aryl methyl sites for hydroxylation is 1. The van der Waals surface area contributed by atoms with Crippen molar-refractivity contribution in [2.45, 2.75) is 38.8 Å². The number of carboxylic acid groups (broad SMARTS) is 2. The summed E-state index contributed by atoms with van der Waals surface area (Å²) in [5, 5.41) is 40.9. The maximum atomic E-state index is 9.77. The van der Waals surface area contributed by atoms with Gasteiger partial charge in [-0.2, -0.15) is 0 Å². The van der Waals surface area contributed by atoms with Crippen LogP contribution >= 0.6 is 0 Å². The molecule has 0 spiro atoms. The Morgan fingerprint density at radius 3 is 2.25 bits per heavy atom. The molecule has 168 valence electrons. The number of fused-ring (bicyclic) bond motifs is 3. The van der Waals surface area contributed by atoms with E-state index in [1.165, 1.54) is 16.7 Å². The number of benzene rings is 2. The van der Waals surface area contributed by atoms with Crippen LogP contribution in [0.1, 0.15) is 22.4 Å². The molecule has 0 saturated heterocycles. The van der Waals surface area contributed by atoms with Gasteiger partial charge in [0.1, 0.15) is 0 Å². The van der Waals surface area contributed by atoms with Crippen LogP contribution in [0, 0.1) is 6.92 Å². The molecule has 0 aliphatic carbocycles. The second-order valence-electron chi connectivity index (χ2n) is 7.40. The lowest BCUT2D eigenvalue weighted by Crippen LogP contribution is -2.39. The number of hydrogen-bond donors (Lipinski definition) is 4. The molecule has 2 atom stereocenters. The van der Waals surface area contributed by atoms with Crippen molar-refractivity contribution < 1.29 is 30.0 Å². The molecule has 10 heteroatoms. The lowest BCUT2D eigenvalue weighted by Gasteiger charge is -2.21. The van der Waals surface area contributed by atoms with E-state index in [0.717, 1.165) is 31.0 Å². The number of hydrogen-bond acceptors (Lipinski definition) is 7. The van der Waals surface area contributed by atoms with Crippen molar-refractivity contribution in [3.05, 3.63) is 77.1 Å². The summed E-state index contributed by atoms with van der Waals surface area (Å²) in [6.45, 7) is 4.89. The molecule has 0 radical (unpaired) electrons. The molecule has 2 heterocycles. The Balaban J connectivity index is 0.000000247. The van der Waals surface area contributed by atoms with Crippen LogP contribution in [0.2, 0.25) is 0 Å². The van der Waals surface area contributed by atoms with E-state index in [2.05, 4.69) is 70.7 Å². The highest BCUT2D eigenvalue weighted by Crippen LogP contribution is 2.24. The maximum Gasteiger partial charge on any atom is 0.335 e. The van der Waals surface area contributed by atoms with Crippen molar-refractivity contribution in [2.75, 3.05) is 0 Å². The molecule has 4 rings (SSSR count). The molecule has 0 saturated carbocycles. The Labute approximate surface area is 184 Å². The average molecular weight is 440 g/mol. The molecule has 3 aromatic rings. The Morgan fingerprint density at radius 2 is 1.59 bits per heavy atom. The summed E-state index contributed by atoms with van der Waals surface area (Å²) in [6, 6.07) is 17.0. The van der Waals surface area contributed by atoms with Gasteiger partial charge in [0.15, 0.2) is 12.2 Å². The number of aliphatic carboxylic acids is 2. The van der Waals surface area contributed by atoms with E-state index >= 15 is 0 Å². The third-order valence-electron chi connectivity index (χ3n) is 5.08. The molecular formula is C22H24N4O6. The van der Waals surface area contributed by atoms with Crippen LogP contribution in [0.4, 0.5) is 0 Å². The van der Waals surface area contributed by atoms with Gasteiger partial charge in [0.05, 0.1) is 17.6 Å². The van der Waals surface area contributed by atoms with Crippen LogP contribution in [-0.4, -0.2) is 64.5 Å². The summed E-state index contributed by atoms with van der Waals surface area (Å²) in [4.78, 5) is 22.0. The van der Waals surface area contributed by atoms with Crippen LogP contribution in [0.5, 0.6) is 0 Å². The highest BCUT2D eigenvalue weighted by Gasteiger charge is 2.29. The average Bonchev–Trinajstić information content (AvgIpc) is 3.17. The predicted octanol–water partition coefficient (Wildman–Crippen LogP) is 0.969. The van der Waals surface area contributed by atoms with Crippen molar-refractivity contribution in [2.24, 2.45) is 0 Å². The van der Waals surface area contributed by atoms with Gasteiger partial charge < -0.3 is 20.4 Å². The van der Waals surface area contributed by atoms with E-state index in [1.54, 1.807) is 0 Å². The first-order valence-electron chi connectivity index (χ1n) is 9.84. The van der Waals surface area contributed by atoms with Crippen LogP contribution in [-0.2, 0) is 29.2 Å². The third kappa shape index (κ3) is 5.35. The van der Waals surface area contributed by atoms with Crippen molar-refractivity contribution in [1.82, 2.24) is 19.9 Å². The molecule has 1 aliphatic heterocycles. The zero-order valence-electron chi connectivity index (χ0n) is 17.4. The smallest absolute Gasteiger partial charge is 0.335 e. The number of carboxylic acids is 2. The minimum atomic E-state index is -2.27. The zero-order chi connectivity index (χ0) is 23.3. The Kier molecular flexibility index (Phi) is 7.31. The first-order chi connectivity index (χ1) is 15.3. The maximum absolute atomic E-state index is 9.77. The van der Waals surface area contributed by atoms with E-state index in [1.807, 2.05) is 10.9 Å². The third-order valence-corrected chi connectivity index (χ3v) is 5.08. The van der Waals surface area contributed by atoms with Crippen LogP contribution in [0.3, 0.4) is 0 Å².